The number of nitrogens with two attached hydrogens (primary N) is 1. The zero-order valence-electron chi connectivity index (χ0n) is 12.1. The van der Waals surface area contributed by atoms with Crippen LogP contribution >= 0.6 is 0 Å². The van der Waals surface area contributed by atoms with Crippen LogP contribution in [0.3, 0.4) is 0 Å². The number of rotatable bonds is 4. The summed E-state index contributed by atoms with van der Waals surface area (Å²) in [5.74, 6) is 0.767. The summed E-state index contributed by atoms with van der Waals surface area (Å²) in [6, 6.07) is 0.192. The second-order valence-electron chi connectivity index (χ2n) is 6.13. The van der Waals surface area contributed by atoms with Crippen molar-refractivity contribution >= 4 is 5.91 Å². The number of hydrogen-bond acceptors (Lipinski definition) is 3. The minimum atomic E-state index is 0.192. The van der Waals surface area contributed by atoms with E-state index in [2.05, 4.69) is 6.92 Å². The van der Waals surface area contributed by atoms with E-state index in [9.17, 15) is 4.79 Å². The highest BCUT2D eigenvalue weighted by atomic mass is 16.5. The van der Waals surface area contributed by atoms with E-state index in [1.54, 1.807) is 0 Å². The van der Waals surface area contributed by atoms with Gasteiger partial charge in [0.05, 0.1) is 6.10 Å². The maximum atomic E-state index is 12.2. The molecule has 2 N–H and O–H groups in total. The van der Waals surface area contributed by atoms with Gasteiger partial charge in [0.2, 0.25) is 5.91 Å². The van der Waals surface area contributed by atoms with Crippen molar-refractivity contribution in [1.29, 1.82) is 0 Å². The number of ether oxygens (including phenoxy) is 1. The highest BCUT2D eigenvalue weighted by molar-refractivity contribution is 5.76. The lowest BCUT2D eigenvalue weighted by Gasteiger charge is -2.35. The van der Waals surface area contributed by atoms with Gasteiger partial charge in [-0.15, -0.1) is 0 Å². The van der Waals surface area contributed by atoms with Crippen LogP contribution in [0.2, 0.25) is 0 Å². The van der Waals surface area contributed by atoms with Crippen molar-refractivity contribution in [2.45, 2.75) is 64.0 Å². The molecule has 3 unspecified atom stereocenters. The molecule has 0 bridgehead atoms. The molecule has 2 saturated heterocycles. The first-order valence-electron chi connectivity index (χ1n) is 7.82. The summed E-state index contributed by atoms with van der Waals surface area (Å²) in [5.41, 5.74) is 5.96. The molecule has 1 amide bonds. The minimum absolute atomic E-state index is 0.192. The third-order valence-corrected chi connectivity index (χ3v) is 4.51. The molecule has 0 radical (unpaired) electrons. The van der Waals surface area contributed by atoms with Crippen LogP contribution < -0.4 is 5.73 Å². The number of hydrogen-bond donors (Lipinski definition) is 1. The SMILES string of the molecule is CC(N)C1CCCN(C(=O)CCC2CCCCO2)C1. The van der Waals surface area contributed by atoms with Gasteiger partial charge in [0.15, 0.2) is 0 Å². The van der Waals surface area contributed by atoms with Crippen molar-refractivity contribution < 1.29 is 9.53 Å². The molecule has 4 heteroatoms. The highest BCUT2D eigenvalue weighted by Gasteiger charge is 2.26. The van der Waals surface area contributed by atoms with Crippen LogP contribution in [0, 0.1) is 5.92 Å². The summed E-state index contributed by atoms with van der Waals surface area (Å²) in [6.07, 6.45) is 7.63. The van der Waals surface area contributed by atoms with Gasteiger partial charge in [-0.1, -0.05) is 0 Å². The van der Waals surface area contributed by atoms with Gasteiger partial charge in [-0.25, -0.2) is 0 Å². The smallest absolute Gasteiger partial charge is 0.222 e. The van der Waals surface area contributed by atoms with Gasteiger partial charge in [-0.2, -0.15) is 0 Å². The Kier molecular flexibility index (Phi) is 5.64. The number of carbonyl (C=O) groups is 1. The fraction of sp³-hybridized carbons (Fsp3) is 0.933. The molecular weight excluding hydrogens is 240 g/mol. The quantitative estimate of drug-likeness (QED) is 0.847. The average molecular weight is 268 g/mol. The van der Waals surface area contributed by atoms with Crippen LogP contribution in [0.25, 0.3) is 0 Å². The molecule has 0 aromatic carbocycles. The van der Waals surface area contributed by atoms with Crippen molar-refractivity contribution in [3.05, 3.63) is 0 Å². The van der Waals surface area contributed by atoms with E-state index in [4.69, 9.17) is 10.5 Å². The summed E-state index contributed by atoms with van der Waals surface area (Å²) < 4.78 is 5.68. The topological polar surface area (TPSA) is 55.6 Å². The highest BCUT2D eigenvalue weighted by Crippen LogP contribution is 2.21. The summed E-state index contributed by atoms with van der Waals surface area (Å²) >= 11 is 0. The zero-order valence-corrected chi connectivity index (χ0v) is 12.1. The van der Waals surface area contributed by atoms with Crippen LogP contribution in [-0.2, 0) is 9.53 Å². The van der Waals surface area contributed by atoms with Crippen LogP contribution in [0.15, 0.2) is 0 Å². The zero-order chi connectivity index (χ0) is 13.7. The Balaban J connectivity index is 1.72. The molecule has 0 saturated carbocycles. The molecule has 3 atom stereocenters. The van der Waals surface area contributed by atoms with Crippen molar-refractivity contribution in [3.63, 3.8) is 0 Å². The fourth-order valence-electron chi connectivity index (χ4n) is 3.14. The van der Waals surface area contributed by atoms with Crippen molar-refractivity contribution in [1.82, 2.24) is 4.90 Å². The van der Waals surface area contributed by atoms with Crippen LogP contribution in [0.1, 0.15) is 51.9 Å². The second-order valence-corrected chi connectivity index (χ2v) is 6.13. The Morgan fingerprint density at radius 3 is 2.89 bits per heavy atom. The van der Waals surface area contributed by atoms with Crippen molar-refractivity contribution in [2.24, 2.45) is 11.7 Å². The van der Waals surface area contributed by atoms with Crippen molar-refractivity contribution in [2.75, 3.05) is 19.7 Å². The molecule has 2 fully saturated rings. The maximum Gasteiger partial charge on any atom is 0.222 e. The lowest BCUT2D eigenvalue weighted by Crippen LogP contribution is -2.45. The molecular formula is C15H28N2O2. The monoisotopic (exact) mass is 268 g/mol. The number of carbonyl (C=O) groups excluding carboxylic acids is 1. The van der Waals surface area contributed by atoms with Crippen LogP contribution in [0.5, 0.6) is 0 Å². The summed E-state index contributed by atoms with van der Waals surface area (Å²) in [4.78, 5) is 14.3. The van der Waals surface area contributed by atoms with E-state index >= 15 is 0 Å². The molecule has 0 aromatic rings. The number of piperidine rings is 1. The summed E-state index contributed by atoms with van der Waals surface area (Å²) in [7, 11) is 0. The molecule has 2 heterocycles. The van der Waals surface area contributed by atoms with Gasteiger partial charge in [0, 0.05) is 32.2 Å². The Morgan fingerprint density at radius 2 is 2.21 bits per heavy atom. The first-order chi connectivity index (χ1) is 9.16. The maximum absolute atomic E-state index is 12.2. The van der Waals surface area contributed by atoms with Crippen molar-refractivity contribution in [3.8, 4) is 0 Å². The van der Waals surface area contributed by atoms with Gasteiger partial charge < -0.3 is 15.4 Å². The van der Waals surface area contributed by atoms with E-state index in [0.29, 0.717) is 24.3 Å². The van der Waals surface area contributed by atoms with E-state index in [1.807, 2.05) is 4.90 Å². The van der Waals surface area contributed by atoms with E-state index in [1.165, 1.54) is 12.8 Å². The predicted molar refractivity (Wildman–Crippen MR) is 75.8 cm³/mol. The third kappa shape index (κ3) is 4.46. The van der Waals surface area contributed by atoms with Gasteiger partial charge in [0.25, 0.3) is 0 Å². The Bertz CT molecular complexity index is 288. The van der Waals surface area contributed by atoms with Crippen LogP contribution in [0.4, 0.5) is 0 Å². The van der Waals surface area contributed by atoms with Gasteiger partial charge >= 0.3 is 0 Å². The van der Waals surface area contributed by atoms with Crippen LogP contribution in [-0.4, -0.2) is 42.6 Å². The van der Waals surface area contributed by atoms with Gasteiger partial charge in [0.1, 0.15) is 0 Å². The predicted octanol–water partition coefficient (Wildman–Crippen LogP) is 1.92. The molecule has 0 spiro atoms. The lowest BCUT2D eigenvalue weighted by atomic mass is 9.92. The number of amides is 1. The molecule has 110 valence electrons. The molecule has 4 nitrogen and oxygen atoms in total. The molecule has 0 aliphatic carbocycles. The van der Waals surface area contributed by atoms with E-state index in [-0.39, 0.29) is 6.04 Å². The Labute approximate surface area is 116 Å². The summed E-state index contributed by atoms with van der Waals surface area (Å²) in [5, 5.41) is 0. The largest absolute Gasteiger partial charge is 0.378 e. The average Bonchev–Trinajstić information content (AvgIpc) is 2.46. The van der Waals surface area contributed by atoms with Gasteiger partial charge in [-0.05, 0) is 51.4 Å². The van der Waals surface area contributed by atoms with E-state index < -0.39 is 0 Å². The first-order valence-corrected chi connectivity index (χ1v) is 7.82. The molecule has 2 aliphatic heterocycles. The number of nitrogens with zero attached hydrogens (tertiary/aromatic N) is 1. The fourth-order valence-corrected chi connectivity index (χ4v) is 3.14. The normalized spacial score (nSPS) is 30.1. The Hall–Kier alpha value is -0.610. The standard InChI is InChI=1S/C15H28N2O2/c1-12(16)13-5-4-9-17(11-13)15(18)8-7-14-6-2-3-10-19-14/h12-14H,2-11,16H2,1H3. The molecule has 2 aliphatic rings. The lowest BCUT2D eigenvalue weighted by molar-refractivity contribution is -0.134. The van der Waals surface area contributed by atoms with E-state index in [0.717, 1.165) is 45.4 Å². The summed E-state index contributed by atoms with van der Waals surface area (Å²) in [6.45, 7) is 4.68. The molecule has 0 aromatic heterocycles. The second kappa shape index (κ2) is 7.25. The minimum Gasteiger partial charge on any atom is -0.378 e. The number of likely N-dealkylation sites (tertiary alicyclic amines) is 1. The third-order valence-electron chi connectivity index (χ3n) is 4.51. The first kappa shape index (κ1) is 14.8. The Morgan fingerprint density at radius 1 is 1.37 bits per heavy atom. The van der Waals surface area contributed by atoms with Gasteiger partial charge in [-0.3, -0.25) is 4.79 Å². The molecule has 19 heavy (non-hydrogen) atoms. The molecule has 2 rings (SSSR count).